The van der Waals surface area contributed by atoms with Crippen molar-refractivity contribution in [3.63, 3.8) is 0 Å². The van der Waals surface area contributed by atoms with Crippen LogP contribution in [0.1, 0.15) is 10.4 Å². The smallest absolute Gasteiger partial charge is 0.258 e. The van der Waals surface area contributed by atoms with Crippen molar-refractivity contribution in [2.24, 2.45) is 0 Å². The summed E-state index contributed by atoms with van der Waals surface area (Å²) in [4.78, 5) is 13.2. The second kappa shape index (κ2) is 5.01. The van der Waals surface area contributed by atoms with Crippen LogP contribution in [0.2, 0.25) is 0 Å². The predicted molar refractivity (Wildman–Crippen MR) is 55.6 cm³/mol. The summed E-state index contributed by atoms with van der Waals surface area (Å²) >= 11 is 0. The van der Waals surface area contributed by atoms with E-state index in [4.69, 9.17) is 10.00 Å². The first-order chi connectivity index (χ1) is 7.20. The number of para-hydroxylation sites is 1. The van der Waals surface area contributed by atoms with Crippen molar-refractivity contribution in [1.82, 2.24) is 4.90 Å². The number of hydrogen-bond donors (Lipinski definition) is 0. The van der Waals surface area contributed by atoms with Gasteiger partial charge in [0.1, 0.15) is 12.3 Å². The van der Waals surface area contributed by atoms with Gasteiger partial charge in [-0.3, -0.25) is 4.79 Å². The van der Waals surface area contributed by atoms with Crippen LogP contribution in [-0.4, -0.2) is 31.5 Å². The highest BCUT2D eigenvalue weighted by atomic mass is 16.5. The summed E-state index contributed by atoms with van der Waals surface area (Å²) in [5, 5.41) is 8.48. The molecule has 1 rings (SSSR count). The zero-order valence-electron chi connectivity index (χ0n) is 8.73. The maximum absolute atomic E-state index is 11.8. The molecule has 0 unspecified atom stereocenters. The topological polar surface area (TPSA) is 53.3 Å². The highest BCUT2D eigenvalue weighted by Crippen LogP contribution is 2.18. The number of hydrogen-bond acceptors (Lipinski definition) is 3. The highest BCUT2D eigenvalue weighted by molar-refractivity contribution is 5.96. The molecule has 78 valence electrons. The number of amides is 1. The average molecular weight is 204 g/mol. The Balaban J connectivity index is 2.96. The van der Waals surface area contributed by atoms with E-state index in [0.29, 0.717) is 11.3 Å². The van der Waals surface area contributed by atoms with Crippen LogP contribution in [-0.2, 0) is 0 Å². The van der Waals surface area contributed by atoms with Crippen LogP contribution in [0.5, 0.6) is 5.75 Å². The van der Waals surface area contributed by atoms with E-state index in [0.717, 1.165) is 0 Å². The minimum Gasteiger partial charge on any atom is -0.496 e. The molecule has 1 aromatic rings. The van der Waals surface area contributed by atoms with Crippen molar-refractivity contribution >= 4 is 5.91 Å². The van der Waals surface area contributed by atoms with Gasteiger partial charge in [-0.05, 0) is 12.1 Å². The van der Waals surface area contributed by atoms with Crippen molar-refractivity contribution in [3.8, 4) is 11.8 Å². The van der Waals surface area contributed by atoms with Gasteiger partial charge in [0.05, 0.1) is 18.7 Å². The minimum atomic E-state index is -0.214. The number of ether oxygens (including phenoxy) is 1. The third kappa shape index (κ3) is 2.47. The van der Waals surface area contributed by atoms with Gasteiger partial charge in [-0.15, -0.1) is 0 Å². The molecule has 4 heteroatoms. The number of nitrogens with zero attached hydrogens (tertiary/aromatic N) is 2. The molecule has 0 heterocycles. The maximum Gasteiger partial charge on any atom is 0.258 e. The molecule has 0 aromatic heterocycles. The Morgan fingerprint density at radius 3 is 2.80 bits per heavy atom. The second-order valence-corrected chi connectivity index (χ2v) is 3.02. The van der Waals surface area contributed by atoms with Crippen molar-refractivity contribution in [2.75, 3.05) is 20.7 Å². The zero-order chi connectivity index (χ0) is 11.3. The minimum absolute atomic E-state index is 0.0664. The first-order valence-electron chi connectivity index (χ1n) is 4.46. The van der Waals surface area contributed by atoms with Gasteiger partial charge in [-0.25, -0.2) is 0 Å². The normalized spacial score (nSPS) is 9.13. The van der Waals surface area contributed by atoms with Crippen LogP contribution in [0.25, 0.3) is 0 Å². The van der Waals surface area contributed by atoms with Gasteiger partial charge >= 0.3 is 0 Å². The summed E-state index contributed by atoms with van der Waals surface area (Å²) in [5.74, 6) is 0.307. The van der Waals surface area contributed by atoms with Gasteiger partial charge in [0.15, 0.2) is 0 Å². The Bertz CT molecular complexity index is 396. The van der Waals surface area contributed by atoms with Crippen LogP contribution in [0.3, 0.4) is 0 Å². The summed E-state index contributed by atoms with van der Waals surface area (Å²) in [6, 6.07) is 8.86. The molecule has 0 aliphatic carbocycles. The Morgan fingerprint density at radius 2 is 2.20 bits per heavy atom. The fourth-order valence-electron chi connectivity index (χ4n) is 1.20. The molecule has 0 radical (unpaired) electrons. The molecule has 15 heavy (non-hydrogen) atoms. The van der Waals surface area contributed by atoms with Crippen LogP contribution < -0.4 is 4.74 Å². The van der Waals surface area contributed by atoms with Crippen molar-refractivity contribution < 1.29 is 9.53 Å². The number of carbonyl (C=O) groups is 1. The van der Waals surface area contributed by atoms with E-state index >= 15 is 0 Å². The molecule has 0 atom stereocenters. The number of methoxy groups -OCH3 is 1. The van der Waals surface area contributed by atoms with Crippen LogP contribution in [0.15, 0.2) is 24.3 Å². The van der Waals surface area contributed by atoms with E-state index in [9.17, 15) is 4.79 Å². The molecular formula is C11H12N2O2. The molecule has 0 aliphatic heterocycles. The van der Waals surface area contributed by atoms with Crippen LogP contribution in [0, 0.1) is 11.3 Å². The maximum atomic E-state index is 11.8. The van der Waals surface area contributed by atoms with Gasteiger partial charge in [0.25, 0.3) is 5.91 Å². The Morgan fingerprint density at radius 1 is 1.53 bits per heavy atom. The predicted octanol–water partition coefficient (Wildman–Crippen LogP) is 1.29. The summed E-state index contributed by atoms with van der Waals surface area (Å²) in [7, 11) is 3.09. The number of rotatable bonds is 3. The lowest BCUT2D eigenvalue weighted by atomic mass is 10.2. The quantitative estimate of drug-likeness (QED) is 0.697. The first kappa shape index (κ1) is 11.1. The van der Waals surface area contributed by atoms with Gasteiger partial charge in [-0.2, -0.15) is 5.26 Å². The molecule has 0 N–H and O–H groups in total. The Labute approximate surface area is 88.7 Å². The summed E-state index contributed by atoms with van der Waals surface area (Å²) in [5.41, 5.74) is 0.470. The molecule has 4 nitrogen and oxygen atoms in total. The highest BCUT2D eigenvalue weighted by Gasteiger charge is 2.15. The third-order valence-electron chi connectivity index (χ3n) is 1.99. The SMILES string of the molecule is COc1ccccc1C(=O)N(C)CC#N. The monoisotopic (exact) mass is 204 g/mol. The molecule has 0 saturated heterocycles. The van der Waals surface area contributed by atoms with Crippen molar-refractivity contribution in [3.05, 3.63) is 29.8 Å². The van der Waals surface area contributed by atoms with E-state index < -0.39 is 0 Å². The molecule has 0 fully saturated rings. The lowest BCUT2D eigenvalue weighted by Crippen LogP contribution is -2.27. The largest absolute Gasteiger partial charge is 0.496 e. The van der Waals surface area contributed by atoms with Gasteiger partial charge < -0.3 is 9.64 Å². The molecule has 0 aliphatic rings. The standard InChI is InChI=1S/C11H12N2O2/c1-13(8-7-12)11(14)9-5-3-4-6-10(9)15-2/h3-6H,8H2,1-2H3. The van der Waals surface area contributed by atoms with Gasteiger partial charge in [-0.1, -0.05) is 12.1 Å². The number of benzene rings is 1. The molecule has 1 amide bonds. The number of nitriles is 1. The first-order valence-corrected chi connectivity index (χ1v) is 4.46. The van der Waals surface area contributed by atoms with E-state index in [1.807, 2.05) is 6.07 Å². The van der Waals surface area contributed by atoms with Crippen molar-refractivity contribution in [2.45, 2.75) is 0 Å². The lowest BCUT2D eigenvalue weighted by Gasteiger charge is -2.14. The molecule has 0 spiro atoms. The zero-order valence-corrected chi connectivity index (χ0v) is 8.73. The fourth-order valence-corrected chi connectivity index (χ4v) is 1.20. The van der Waals surface area contributed by atoms with E-state index in [1.165, 1.54) is 12.0 Å². The number of carbonyl (C=O) groups excluding carboxylic acids is 1. The van der Waals surface area contributed by atoms with Gasteiger partial charge in [0.2, 0.25) is 0 Å². The molecule has 0 saturated carbocycles. The van der Waals surface area contributed by atoms with Crippen LogP contribution in [0.4, 0.5) is 0 Å². The Kier molecular flexibility index (Phi) is 3.69. The van der Waals surface area contributed by atoms with Crippen molar-refractivity contribution in [1.29, 1.82) is 5.26 Å². The fraction of sp³-hybridized carbons (Fsp3) is 0.273. The van der Waals surface area contributed by atoms with Crippen LogP contribution >= 0.6 is 0 Å². The average Bonchev–Trinajstić information content (AvgIpc) is 2.28. The van der Waals surface area contributed by atoms with Gasteiger partial charge in [0, 0.05) is 7.05 Å². The molecular weight excluding hydrogens is 192 g/mol. The van der Waals surface area contributed by atoms with E-state index in [2.05, 4.69) is 0 Å². The molecule has 1 aromatic carbocycles. The second-order valence-electron chi connectivity index (χ2n) is 3.02. The molecule has 0 bridgehead atoms. The van der Waals surface area contributed by atoms with E-state index in [-0.39, 0.29) is 12.5 Å². The summed E-state index contributed by atoms with van der Waals surface area (Å²) < 4.78 is 5.06. The lowest BCUT2D eigenvalue weighted by molar-refractivity contribution is 0.0808. The van der Waals surface area contributed by atoms with E-state index in [1.54, 1.807) is 31.3 Å². The third-order valence-corrected chi connectivity index (χ3v) is 1.99. The summed E-state index contributed by atoms with van der Waals surface area (Å²) in [6.45, 7) is 0.0664. The summed E-state index contributed by atoms with van der Waals surface area (Å²) in [6.07, 6.45) is 0. The Hall–Kier alpha value is -2.02.